The van der Waals surface area contributed by atoms with Gasteiger partial charge in [-0.2, -0.15) is 0 Å². The van der Waals surface area contributed by atoms with Crippen LogP contribution in [0.3, 0.4) is 0 Å². The lowest BCUT2D eigenvalue weighted by Crippen LogP contribution is -2.33. The Morgan fingerprint density at radius 2 is 2.05 bits per heavy atom. The van der Waals surface area contributed by atoms with Gasteiger partial charge in [-0.3, -0.25) is 14.4 Å². The third kappa shape index (κ3) is 3.62. The molecule has 2 atom stereocenters. The Morgan fingerprint density at radius 3 is 2.68 bits per heavy atom. The van der Waals surface area contributed by atoms with E-state index in [9.17, 15) is 14.4 Å². The number of carbonyl (C=O) groups excluding carboxylic acids is 3. The van der Waals surface area contributed by atoms with E-state index >= 15 is 0 Å². The largest absolute Gasteiger partial charge is 0.300 e. The number of Topliss-reactive ketones (excluding diaryl/α,β-unsaturated/α-hetero) is 3. The normalized spacial score (nSPS) is 27.8. The monoisotopic (exact) mass is 262 g/mol. The number of carbonyl (C=O) groups is 3. The van der Waals surface area contributed by atoms with Gasteiger partial charge in [0.25, 0.3) is 0 Å². The number of hydrogen-bond acceptors (Lipinski definition) is 3. The number of ketones is 3. The summed E-state index contributed by atoms with van der Waals surface area (Å²) in [5.74, 6) is -0.404. The van der Waals surface area contributed by atoms with Crippen LogP contribution in [0.4, 0.5) is 0 Å². The van der Waals surface area contributed by atoms with Gasteiger partial charge in [-0.1, -0.05) is 11.6 Å². The topological polar surface area (TPSA) is 51.2 Å². The molecule has 0 aromatic carbocycles. The molecule has 0 amide bonds. The lowest BCUT2D eigenvalue weighted by atomic mass is 9.73. The van der Waals surface area contributed by atoms with Crippen molar-refractivity contribution in [3.63, 3.8) is 0 Å². The van der Waals surface area contributed by atoms with Crippen molar-refractivity contribution in [1.82, 2.24) is 0 Å². The quantitative estimate of drug-likeness (QED) is 0.578. The molecule has 0 heterocycles. The van der Waals surface area contributed by atoms with Gasteiger partial charge in [0, 0.05) is 6.42 Å². The third-order valence-corrected chi connectivity index (χ3v) is 4.31. The Kier molecular flexibility index (Phi) is 4.67. The van der Waals surface area contributed by atoms with Gasteiger partial charge in [0.15, 0.2) is 5.78 Å². The maximum Gasteiger partial charge on any atom is 0.150 e. The number of rotatable bonds is 4. The summed E-state index contributed by atoms with van der Waals surface area (Å²) in [6, 6.07) is 0. The van der Waals surface area contributed by atoms with Crippen molar-refractivity contribution in [3.05, 3.63) is 11.6 Å². The molecule has 2 aliphatic carbocycles. The van der Waals surface area contributed by atoms with Crippen LogP contribution >= 0.6 is 0 Å². The molecule has 3 heteroatoms. The Hall–Kier alpha value is -1.25. The lowest BCUT2D eigenvalue weighted by Gasteiger charge is -2.30. The maximum absolute atomic E-state index is 12.0. The molecule has 0 aromatic heterocycles. The molecule has 0 spiro atoms. The molecule has 0 bridgehead atoms. The first-order valence-corrected chi connectivity index (χ1v) is 7.31. The van der Waals surface area contributed by atoms with E-state index in [2.05, 4.69) is 6.08 Å². The van der Waals surface area contributed by atoms with E-state index in [1.54, 1.807) is 0 Å². The molecule has 0 saturated heterocycles. The lowest BCUT2D eigenvalue weighted by molar-refractivity contribution is -0.136. The van der Waals surface area contributed by atoms with Crippen molar-refractivity contribution in [2.75, 3.05) is 0 Å². The van der Waals surface area contributed by atoms with Gasteiger partial charge in [-0.15, -0.1) is 0 Å². The van der Waals surface area contributed by atoms with Crippen molar-refractivity contribution in [3.8, 4) is 0 Å². The highest BCUT2D eigenvalue weighted by Gasteiger charge is 2.35. The van der Waals surface area contributed by atoms with Crippen LogP contribution in [-0.4, -0.2) is 17.3 Å². The highest BCUT2D eigenvalue weighted by Crippen LogP contribution is 2.36. The predicted molar refractivity (Wildman–Crippen MR) is 72.7 cm³/mol. The van der Waals surface area contributed by atoms with Gasteiger partial charge in [0.2, 0.25) is 0 Å². The predicted octanol–water partition coefficient (Wildman–Crippen LogP) is 3.02. The van der Waals surface area contributed by atoms with Gasteiger partial charge in [-0.05, 0) is 51.4 Å². The summed E-state index contributed by atoms with van der Waals surface area (Å²) in [6.45, 7) is 1.41. The Bertz CT molecular complexity index is 420. The first kappa shape index (κ1) is 14.2. The molecule has 0 radical (unpaired) electrons. The minimum atomic E-state index is -0.523. The summed E-state index contributed by atoms with van der Waals surface area (Å²) in [5.41, 5.74) is 1.44. The first-order chi connectivity index (χ1) is 9.08. The molecule has 1 saturated carbocycles. The molecular formula is C16H22O3. The van der Waals surface area contributed by atoms with E-state index in [1.165, 1.54) is 25.3 Å². The van der Waals surface area contributed by atoms with Crippen LogP contribution in [0.25, 0.3) is 0 Å². The molecule has 2 aliphatic rings. The molecule has 0 aliphatic heterocycles. The van der Waals surface area contributed by atoms with Crippen molar-refractivity contribution in [2.24, 2.45) is 11.8 Å². The van der Waals surface area contributed by atoms with Crippen LogP contribution in [0, 0.1) is 11.8 Å². The summed E-state index contributed by atoms with van der Waals surface area (Å²) >= 11 is 0. The molecule has 2 unspecified atom stereocenters. The number of hydrogen-bond donors (Lipinski definition) is 0. The SMILES string of the molecule is CC(=O)CC(=O)C1CC(C2=CCCCC2)CCC1=O. The fraction of sp³-hybridized carbons (Fsp3) is 0.688. The zero-order valence-electron chi connectivity index (χ0n) is 11.6. The van der Waals surface area contributed by atoms with Gasteiger partial charge >= 0.3 is 0 Å². The second kappa shape index (κ2) is 6.27. The van der Waals surface area contributed by atoms with Crippen molar-refractivity contribution >= 4 is 17.3 Å². The van der Waals surface area contributed by atoms with E-state index in [-0.39, 0.29) is 23.8 Å². The van der Waals surface area contributed by atoms with Crippen LogP contribution in [0.15, 0.2) is 11.6 Å². The second-order valence-corrected chi connectivity index (χ2v) is 5.86. The second-order valence-electron chi connectivity index (χ2n) is 5.86. The Labute approximate surface area is 114 Å². The molecule has 104 valence electrons. The summed E-state index contributed by atoms with van der Waals surface area (Å²) in [7, 11) is 0. The van der Waals surface area contributed by atoms with Crippen LogP contribution in [-0.2, 0) is 14.4 Å². The average Bonchev–Trinajstić information content (AvgIpc) is 2.39. The molecule has 3 nitrogen and oxygen atoms in total. The van der Waals surface area contributed by atoms with E-state index < -0.39 is 5.92 Å². The highest BCUT2D eigenvalue weighted by atomic mass is 16.2. The molecule has 0 N–H and O–H groups in total. The van der Waals surface area contributed by atoms with Crippen LogP contribution in [0.2, 0.25) is 0 Å². The summed E-state index contributed by atoms with van der Waals surface area (Å²) in [5, 5.41) is 0. The highest BCUT2D eigenvalue weighted by molar-refractivity contribution is 6.09. The van der Waals surface area contributed by atoms with Crippen molar-refractivity contribution < 1.29 is 14.4 Å². The number of allylic oxidation sites excluding steroid dienone is 2. The summed E-state index contributed by atoms with van der Waals surface area (Å²) < 4.78 is 0. The zero-order chi connectivity index (χ0) is 13.8. The molecule has 0 aromatic rings. The smallest absolute Gasteiger partial charge is 0.150 e. The fourth-order valence-corrected chi connectivity index (χ4v) is 3.27. The van der Waals surface area contributed by atoms with E-state index in [4.69, 9.17) is 0 Å². The van der Waals surface area contributed by atoms with Crippen molar-refractivity contribution in [1.29, 1.82) is 0 Å². The zero-order valence-corrected chi connectivity index (χ0v) is 11.6. The Morgan fingerprint density at radius 1 is 1.26 bits per heavy atom. The van der Waals surface area contributed by atoms with Gasteiger partial charge < -0.3 is 0 Å². The first-order valence-electron chi connectivity index (χ1n) is 7.31. The van der Waals surface area contributed by atoms with Crippen LogP contribution in [0.5, 0.6) is 0 Å². The van der Waals surface area contributed by atoms with E-state index in [0.717, 1.165) is 19.3 Å². The maximum atomic E-state index is 12.0. The molecule has 2 rings (SSSR count). The van der Waals surface area contributed by atoms with E-state index in [0.29, 0.717) is 18.8 Å². The standard InChI is InChI=1S/C16H22O3/c1-11(17)9-16(19)14-10-13(7-8-15(14)18)12-5-3-2-4-6-12/h5,13-14H,2-4,6-10H2,1H3. The van der Waals surface area contributed by atoms with Gasteiger partial charge in [-0.25, -0.2) is 0 Å². The van der Waals surface area contributed by atoms with Gasteiger partial charge in [0.05, 0.1) is 12.3 Å². The van der Waals surface area contributed by atoms with Crippen LogP contribution in [0.1, 0.15) is 58.3 Å². The average molecular weight is 262 g/mol. The minimum absolute atomic E-state index is 0.0407. The van der Waals surface area contributed by atoms with E-state index in [1.807, 2.05) is 0 Å². The molecular weight excluding hydrogens is 240 g/mol. The van der Waals surface area contributed by atoms with Crippen molar-refractivity contribution in [2.45, 2.75) is 58.3 Å². The third-order valence-electron chi connectivity index (χ3n) is 4.31. The molecule has 1 fully saturated rings. The summed E-state index contributed by atoms with van der Waals surface area (Å²) in [4.78, 5) is 34.9. The molecule has 19 heavy (non-hydrogen) atoms. The van der Waals surface area contributed by atoms with Crippen LogP contribution < -0.4 is 0 Å². The Balaban J connectivity index is 2.03. The summed E-state index contributed by atoms with van der Waals surface area (Å²) in [6.07, 6.45) is 8.96. The minimum Gasteiger partial charge on any atom is -0.300 e. The fourth-order valence-electron chi connectivity index (χ4n) is 3.27. The van der Waals surface area contributed by atoms with Gasteiger partial charge in [0.1, 0.15) is 11.6 Å².